The number of rotatable bonds is 2. The van der Waals surface area contributed by atoms with E-state index in [9.17, 15) is 5.26 Å². The summed E-state index contributed by atoms with van der Waals surface area (Å²) >= 11 is 0. The van der Waals surface area contributed by atoms with E-state index in [1.807, 2.05) is 66.7 Å². The molecule has 0 atom stereocenters. The summed E-state index contributed by atoms with van der Waals surface area (Å²) in [6, 6.07) is 21.7. The SMILES string of the molecule is N#Cc1nc(C=N)c2c(n1)oc1c(-c3cccc4c3oc3ccccc34)cccc12. The van der Waals surface area contributed by atoms with Gasteiger partial charge in [-0.2, -0.15) is 10.2 Å². The Morgan fingerprint density at radius 2 is 1.50 bits per heavy atom. The molecule has 0 saturated heterocycles. The second kappa shape index (κ2) is 6.00. The predicted molar refractivity (Wildman–Crippen MR) is 115 cm³/mol. The summed E-state index contributed by atoms with van der Waals surface area (Å²) in [4.78, 5) is 8.35. The molecule has 0 aliphatic carbocycles. The van der Waals surface area contributed by atoms with Gasteiger partial charge in [-0.05, 0) is 6.07 Å². The Balaban J connectivity index is 1.74. The Morgan fingerprint density at radius 3 is 2.27 bits per heavy atom. The normalized spacial score (nSPS) is 11.4. The third-order valence-corrected chi connectivity index (χ3v) is 5.32. The van der Waals surface area contributed by atoms with Gasteiger partial charge in [0.05, 0.1) is 11.1 Å². The molecule has 6 heteroatoms. The summed E-state index contributed by atoms with van der Waals surface area (Å²) in [5.74, 6) is -0.0269. The highest BCUT2D eigenvalue weighted by Crippen LogP contribution is 2.40. The highest BCUT2D eigenvalue weighted by Gasteiger charge is 2.20. The molecule has 0 bridgehead atoms. The van der Waals surface area contributed by atoms with Crippen molar-refractivity contribution in [1.29, 1.82) is 10.7 Å². The fourth-order valence-electron chi connectivity index (χ4n) is 4.05. The zero-order valence-corrected chi connectivity index (χ0v) is 15.5. The summed E-state index contributed by atoms with van der Waals surface area (Å²) < 4.78 is 12.3. The molecule has 0 aliphatic rings. The molecule has 0 amide bonds. The molecular weight excluding hydrogens is 376 g/mol. The van der Waals surface area contributed by atoms with Crippen molar-refractivity contribution in [3.8, 4) is 17.2 Å². The van der Waals surface area contributed by atoms with Crippen molar-refractivity contribution in [2.45, 2.75) is 0 Å². The molecular formula is C24H12N4O2. The van der Waals surface area contributed by atoms with Gasteiger partial charge in [-0.3, -0.25) is 0 Å². The number of fused-ring (bicyclic) bond motifs is 6. The first-order valence-electron chi connectivity index (χ1n) is 9.33. The smallest absolute Gasteiger partial charge is 0.236 e. The Hall–Kier alpha value is -4.50. The van der Waals surface area contributed by atoms with E-state index in [4.69, 9.17) is 14.2 Å². The first-order valence-corrected chi connectivity index (χ1v) is 9.33. The molecule has 140 valence electrons. The summed E-state index contributed by atoms with van der Waals surface area (Å²) in [6.45, 7) is 0. The lowest BCUT2D eigenvalue weighted by Gasteiger charge is -2.03. The van der Waals surface area contributed by atoms with E-state index in [1.54, 1.807) is 0 Å². The van der Waals surface area contributed by atoms with Crippen molar-refractivity contribution >= 4 is 50.2 Å². The first-order chi connectivity index (χ1) is 14.8. The van der Waals surface area contributed by atoms with Crippen molar-refractivity contribution in [3.63, 3.8) is 0 Å². The maximum absolute atomic E-state index is 9.21. The number of aromatic nitrogens is 2. The molecule has 0 fully saturated rings. The van der Waals surface area contributed by atoms with E-state index in [0.717, 1.165) is 44.7 Å². The minimum Gasteiger partial charge on any atom is -0.455 e. The van der Waals surface area contributed by atoms with Gasteiger partial charge < -0.3 is 14.2 Å². The molecule has 0 unspecified atom stereocenters. The van der Waals surface area contributed by atoms with Crippen LogP contribution in [0.15, 0.2) is 69.5 Å². The fraction of sp³-hybridized carbons (Fsp3) is 0. The van der Waals surface area contributed by atoms with Crippen molar-refractivity contribution in [2.75, 3.05) is 0 Å². The van der Waals surface area contributed by atoms with Crippen LogP contribution >= 0.6 is 0 Å². The van der Waals surface area contributed by atoms with Crippen LogP contribution < -0.4 is 0 Å². The van der Waals surface area contributed by atoms with E-state index >= 15 is 0 Å². The Labute approximate surface area is 169 Å². The number of hydrogen-bond donors (Lipinski definition) is 1. The summed E-state index contributed by atoms with van der Waals surface area (Å²) in [7, 11) is 0. The summed E-state index contributed by atoms with van der Waals surface area (Å²) in [6.07, 6.45) is 1.12. The average Bonchev–Trinajstić information content (AvgIpc) is 3.36. The summed E-state index contributed by atoms with van der Waals surface area (Å²) in [5.41, 5.74) is 4.62. The topological polar surface area (TPSA) is 99.7 Å². The van der Waals surface area contributed by atoms with E-state index < -0.39 is 0 Å². The summed E-state index contributed by atoms with van der Waals surface area (Å²) in [5, 5.41) is 20.4. The van der Waals surface area contributed by atoms with E-state index in [2.05, 4.69) is 9.97 Å². The Bertz CT molecular complexity index is 1680. The number of hydrogen-bond acceptors (Lipinski definition) is 6. The zero-order valence-electron chi connectivity index (χ0n) is 15.5. The van der Waals surface area contributed by atoms with Crippen LogP contribution in [0.25, 0.3) is 55.1 Å². The van der Waals surface area contributed by atoms with Crippen molar-refractivity contribution in [2.24, 2.45) is 0 Å². The van der Waals surface area contributed by atoms with Gasteiger partial charge in [0.2, 0.25) is 11.5 Å². The zero-order chi connectivity index (χ0) is 20.2. The Morgan fingerprint density at radius 1 is 0.800 bits per heavy atom. The molecule has 3 aromatic carbocycles. The number of benzene rings is 3. The molecule has 30 heavy (non-hydrogen) atoms. The molecule has 0 aliphatic heterocycles. The van der Waals surface area contributed by atoms with Crippen LogP contribution in [0.5, 0.6) is 0 Å². The second-order valence-corrected chi connectivity index (χ2v) is 6.93. The molecule has 3 heterocycles. The van der Waals surface area contributed by atoms with Crippen LogP contribution in [0.4, 0.5) is 0 Å². The molecule has 3 aromatic heterocycles. The quantitative estimate of drug-likeness (QED) is 0.377. The standard InChI is InChI=1S/C24H12N4O2/c25-11-18-21-17-9-4-8-16(23(17)30-24(21)28-20(12-26)27-18)15-7-3-6-14-13-5-1-2-10-19(13)29-22(14)15/h1-11,25H. The lowest BCUT2D eigenvalue weighted by atomic mass is 10.00. The molecule has 6 rings (SSSR count). The maximum Gasteiger partial charge on any atom is 0.236 e. The van der Waals surface area contributed by atoms with E-state index in [0.29, 0.717) is 22.4 Å². The lowest BCUT2D eigenvalue weighted by molar-refractivity contribution is 0.651. The average molecular weight is 388 g/mol. The maximum atomic E-state index is 9.21. The van der Waals surface area contributed by atoms with Crippen LogP contribution in [0.3, 0.4) is 0 Å². The van der Waals surface area contributed by atoms with Gasteiger partial charge in [0, 0.05) is 33.5 Å². The molecule has 0 radical (unpaired) electrons. The van der Waals surface area contributed by atoms with Gasteiger partial charge in [0.1, 0.15) is 22.8 Å². The Kier molecular flexibility index (Phi) is 3.29. The first kappa shape index (κ1) is 16.5. The van der Waals surface area contributed by atoms with Crippen molar-refractivity contribution < 1.29 is 8.83 Å². The number of para-hydroxylation sites is 3. The van der Waals surface area contributed by atoms with Gasteiger partial charge >= 0.3 is 0 Å². The van der Waals surface area contributed by atoms with Crippen LogP contribution in [0.1, 0.15) is 11.5 Å². The fourth-order valence-corrected chi connectivity index (χ4v) is 4.05. The highest BCUT2D eigenvalue weighted by atomic mass is 16.3. The van der Waals surface area contributed by atoms with E-state index in [-0.39, 0.29) is 5.82 Å². The van der Waals surface area contributed by atoms with Crippen molar-refractivity contribution in [1.82, 2.24) is 9.97 Å². The lowest BCUT2D eigenvalue weighted by Crippen LogP contribution is -1.95. The largest absolute Gasteiger partial charge is 0.455 e. The van der Waals surface area contributed by atoms with Gasteiger partial charge in [-0.15, -0.1) is 0 Å². The number of furan rings is 2. The molecule has 0 spiro atoms. The second-order valence-electron chi connectivity index (χ2n) is 6.93. The van der Waals surface area contributed by atoms with E-state index in [1.165, 1.54) is 0 Å². The number of nitrogens with one attached hydrogen (secondary N) is 1. The van der Waals surface area contributed by atoms with Gasteiger partial charge in [0.15, 0.2) is 0 Å². The minimum atomic E-state index is -0.0269. The minimum absolute atomic E-state index is 0.0269. The molecule has 0 saturated carbocycles. The molecule has 6 nitrogen and oxygen atoms in total. The molecule has 1 N–H and O–H groups in total. The third kappa shape index (κ3) is 2.14. The van der Waals surface area contributed by atoms with Gasteiger partial charge in [-0.1, -0.05) is 54.6 Å². The third-order valence-electron chi connectivity index (χ3n) is 5.32. The van der Waals surface area contributed by atoms with Crippen LogP contribution in [-0.4, -0.2) is 16.2 Å². The predicted octanol–water partition coefficient (Wildman–Crippen LogP) is 5.81. The monoisotopic (exact) mass is 388 g/mol. The van der Waals surface area contributed by atoms with Crippen molar-refractivity contribution in [3.05, 3.63) is 72.2 Å². The van der Waals surface area contributed by atoms with Gasteiger partial charge in [-0.25, -0.2) is 4.98 Å². The van der Waals surface area contributed by atoms with Crippen LogP contribution in [0.2, 0.25) is 0 Å². The number of nitriles is 1. The number of nitrogens with zero attached hydrogens (tertiary/aromatic N) is 3. The molecule has 6 aromatic rings. The van der Waals surface area contributed by atoms with Gasteiger partial charge in [0.25, 0.3) is 0 Å². The van der Waals surface area contributed by atoms with Crippen LogP contribution in [-0.2, 0) is 0 Å². The highest BCUT2D eigenvalue weighted by molar-refractivity contribution is 6.16. The van der Waals surface area contributed by atoms with Crippen LogP contribution in [0, 0.1) is 16.7 Å².